The number of para-hydroxylation sites is 1. The van der Waals surface area contributed by atoms with Gasteiger partial charge in [0.05, 0.1) is 17.6 Å². The molecule has 3 rings (SSSR count). The zero-order valence-corrected chi connectivity index (χ0v) is 13.4. The van der Waals surface area contributed by atoms with Crippen LogP contribution in [0.3, 0.4) is 0 Å². The molecule has 116 valence electrons. The topological polar surface area (TPSA) is 38.1 Å². The van der Waals surface area contributed by atoms with Gasteiger partial charge in [0.2, 0.25) is 0 Å². The fourth-order valence-electron chi connectivity index (χ4n) is 2.39. The minimum atomic E-state index is -0.324. The maximum atomic E-state index is 12.5. The molecule has 2 aromatic carbocycles. The predicted octanol–water partition coefficient (Wildman–Crippen LogP) is 3.52. The van der Waals surface area contributed by atoms with Crippen molar-refractivity contribution < 1.29 is 0 Å². The number of anilines is 1. The Bertz CT molecular complexity index is 847. The molecule has 0 saturated heterocycles. The molecule has 0 fully saturated rings. The van der Waals surface area contributed by atoms with Crippen molar-refractivity contribution in [3.63, 3.8) is 0 Å². The molecule has 1 heterocycles. The molecule has 0 unspecified atom stereocenters. The Morgan fingerprint density at radius 2 is 1.65 bits per heavy atom. The van der Waals surface area contributed by atoms with Gasteiger partial charge in [0.1, 0.15) is 5.02 Å². The number of hydrogen-bond donors (Lipinski definition) is 0. The predicted molar refractivity (Wildman–Crippen MR) is 93.4 cm³/mol. The van der Waals surface area contributed by atoms with Gasteiger partial charge < -0.3 is 4.90 Å². The first-order chi connectivity index (χ1) is 11.2. The van der Waals surface area contributed by atoms with Crippen molar-refractivity contribution in [3.8, 4) is 5.69 Å². The third-order valence-corrected chi connectivity index (χ3v) is 3.93. The second kappa shape index (κ2) is 6.67. The second-order valence-electron chi connectivity index (χ2n) is 5.24. The van der Waals surface area contributed by atoms with Crippen LogP contribution >= 0.6 is 11.6 Å². The van der Waals surface area contributed by atoms with Gasteiger partial charge >= 0.3 is 0 Å². The first-order valence-electron chi connectivity index (χ1n) is 7.25. The molecule has 0 aliphatic rings. The van der Waals surface area contributed by atoms with E-state index < -0.39 is 0 Å². The first kappa shape index (κ1) is 15.3. The van der Waals surface area contributed by atoms with E-state index >= 15 is 0 Å². The molecule has 0 N–H and O–H groups in total. The molecule has 5 heteroatoms. The molecule has 0 bridgehead atoms. The molecule has 0 spiro atoms. The highest BCUT2D eigenvalue weighted by atomic mass is 35.5. The van der Waals surface area contributed by atoms with Crippen LogP contribution in [0.25, 0.3) is 5.69 Å². The summed E-state index contributed by atoms with van der Waals surface area (Å²) in [5.41, 5.74) is 2.12. The standard InChI is InChI=1S/C18H16ClN3O/c1-21(13-14-8-4-2-5-9-14)16-12-20-22(18(23)17(16)19)15-10-6-3-7-11-15/h2-12H,13H2,1H3. The lowest BCUT2D eigenvalue weighted by molar-refractivity contribution is 0.795. The van der Waals surface area contributed by atoms with Crippen LogP contribution in [0.1, 0.15) is 5.56 Å². The van der Waals surface area contributed by atoms with Crippen LogP contribution in [0.2, 0.25) is 5.02 Å². The number of rotatable bonds is 4. The summed E-state index contributed by atoms with van der Waals surface area (Å²) >= 11 is 6.29. The minimum absolute atomic E-state index is 0.169. The van der Waals surface area contributed by atoms with Gasteiger partial charge in [-0.1, -0.05) is 60.1 Å². The fraction of sp³-hybridized carbons (Fsp3) is 0.111. The van der Waals surface area contributed by atoms with Gasteiger partial charge in [0.25, 0.3) is 5.56 Å². The van der Waals surface area contributed by atoms with E-state index in [2.05, 4.69) is 5.10 Å². The summed E-state index contributed by atoms with van der Waals surface area (Å²) in [6, 6.07) is 19.2. The molecule has 0 amide bonds. The van der Waals surface area contributed by atoms with E-state index in [0.29, 0.717) is 17.9 Å². The largest absolute Gasteiger partial charge is 0.368 e. The van der Waals surface area contributed by atoms with Crippen molar-refractivity contribution in [3.05, 3.63) is 87.8 Å². The molecule has 3 aromatic rings. The third-order valence-electron chi connectivity index (χ3n) is 3.58. The Morgan fingerprint density at radius 1 is 1.04 bits per heavy atom. The molecular weight excluding hydrogens is 310 g/mol. The van der Waals surface area contributed by atoms with Crippen LogP contribution < -0.4 is 10.5 Å². The van der Waals surface area contributed by atoms with E-state index in [0.717, 1.165) is 5.56 Å². The lowest BCUT2D eigenvalue weighted by atomic mass is 10.2. The van der Waals surface area contributed by atoms with Crippen molar-refractivity contribution in [2.45, 2.75) is 6.54 Å². The Hall–Kier alpha value is -2.59. The number of aromatic nitrogens is 2. The normalized spacial score (nSPS) is 10.5. The SMILES string of the molecule is CN(Cc1ccccc1)c1cnn(-c2ccccc2)c(=O)c1Cl. The third kappa shape index (κ3) is 3.27. The van der Waals surface area contributed by atoms with Crippen molar-refractivity contribution in [1.82, 2.24) is 9.78 Å². The molecule has 1 aromatic heterocycles. The lowest BCUT2D eigenvalue weighted by Gasteiger charge is -2.20. The fourth-order valence-corrected chi connectivity index (χ4v) is 2.66. The zero-order valence-electron chi connectivity index (χ0n) is 12.7. The first-order valence-corrected chi connectivity index (χ1v) is 7.63. The smallest absolute Gasteiger partial charge is 0.292 e. The summed E-state index contributed by atoms with van der Waals surface area (Å²) in [4.78, 5) is 14.4. The summed E-state index contributed by atoms with van der Waals surface area (Å²) in [6.07, 6.45) is 1.62. The van der Waals surface area contributed by atoms with Crippen LogP contribution in [-0.4, -0.2) is 16.8 Å². The molecule has 0 atom stereocenters. The Morgan fingerprint density at radius 3 is 2.30 bits per heavy atom. The van der Waals surface area contributed by atoms with Crippen LogP contribution in [0.4, 0.5) is 5.69 Å². The number of halogens is 1. The second-order valence-corrected chi connectivity index (χ2v) is 5.62. The van der Waals surface area contributed by atoms with Gasteiger partial charge in [-0.25, -0.2) is 0 Å². The minimum Gasteiger partial charge on any atom is -0.368 e. The van der Waals surface area contributed by atoms with E-state index in [-0.39, 0.29) is 10.6 Å². The van der Waals surface area contributed by atoms with Crippen LogP contribution in [0, 0.1) is 0 Å². The zero-order chi connectivity index (χ0) is 16.2. The Labute approximate surface area is 139 Å². The number of nitrogens with zero attached hydrogens (tertiary/aromatic N) is 3. The van der Waals surface area contributed by atoms with E-state index in [1.54, 1.807) is 6.20 Å². The average Bonchev–Trinajstić information content (AvgIpc) is 2.59. The van der Waals surface area contributed by atoms with Crippen molar-refractivity contribution >= 4 is 17.3 Å². The van der Waals surface area contributed by atoms with Crippen molar-refractivity contribution in [2.75, 3.05) is 11.9 Å². The van der Waals surface area contributed by atoms with Crippen molar-refractivity contribution in [2.24, 2.45) is 0 Å². The molecular formula is C18H16ClN3O. The van der Waals surface area contributed by atoms with Gasteiger partial charge in [-0.2, -0.15) is 9.78 Å². The van der Waals surface area contributed by atoms with Gasteiger partial charge in [0.15, 0.2) is 0 Å². The average molecular weight is 326 g/mol. The molecule has 0 aliphatic carbocycles. The van der Waals surface area contributed by atoms with E-state index in [1.165, 1.54) is 4.68 Å². The summed E-state index contributed by atoms with van der Waals surface area (Å²) in [5, 5.41) is 4.42. The highest BCUT2D eigenvalue weighted by Crippen LogP contribution is 2.22. The highest BCUT2D eigenvalue weighted by molar-refractivity contribution is 6.33. The van der Waals surface area contributed by atoms with E-state index in [4.69, 9.17) is 11.6 Å². The number of benzene rings is 2. The molecule has 4 nitrogen and oxygen atoms in total. The van der Waals surface area contributed by atoms with Gasteiger partial charge in [0, 0.05) is 13.6 Å². The van der Waals surface area contributed by atoms with Crippen LogP contribution in [0.5, 0.6) is 0 Å². The monoisotopic (exact) mass is 325 g/mol. The van der Waals surface area contributed by atoms with Gasteiger partial charge in [-0.3, -0.25) is 4.79 Å². The van der Waals surface area contributed by atoms with Crippen molar-refractivity contribution in [1.29, 1.82) is 0 Å². The molecule has 0 saturated carbocycles. The van der Waals surface area contributed by atoms with Crippen LogP contribution in [-0.2, 0) is 6.54 Å². The summed E-state index contributed by atoms with van der Waals surface area (Å²) in [6.45, 7) is 0.650. The highest BCUT2D eigenvalue weighted by Gasteiger charge is 2.14. The summed E-state index contributed by atoms with van der Waals surface area (Å²) in [7, 11) is 1.89. The summed E-state index contributed by atoms with van der Waals surface area (Å²) in [5.74, 6) is 0. The number of hydrogen-bond acceptors (Lipinski definition) is 3. The quantitative estimate of drug-likeness (QED) is 0.736. The summed E-state index contributed by atoms with van der Waals surface area (Å²) < 4.78 is 1.31. The Kier molecular flexibility index (Phi) is 4.44. The molecule has 0 aliphatic heterocycles. The van der Waals surface area contributed by atoms with Gasteiger partial charge in [-0.15, -0.1) is 0 Å². The lowest BCUT2D eigenvalue weighted by Crippen LogP contribution is -2.26. The molecule has 0 radical (unpaired) electrons. The maximum absolute atomic E-state index is 12.5. The maximum Gasteiger partial charge on any atom is 0.292 e. The Balaban J connectivity index is 1.93. The van der Waals surface area contributed by atoms with E-state index in [9.17, 15) is 4.79 Å². The van der Waals surface area contributed by atoms with Crippen LogP contribution in [0.15, 0.2) is 71.7 Å². The van der Waals surface area contributed by atoms with Gasteiger partial charge in [-0.05, 0) is 17.7 Å². The molecule has 23 heavy (non-hydrogen) atoms. The van der Waals surface area contributed by atoms with E-state index in [1.807, 2.05) is 72.6 Å².